The highest BCUT2D eigenvalue weighted by Gasteiger charge is 2.33. The van der Waals surface area contributed by atoms with Crippen molar-refractivity contribution in [1.82, 2.24) is 0 Å². The van der Waals surface area contributed by atoms with E-state index < -0.39 is 49.8 Å². The minimum atomic E-state index is -1.95. The minimum Gasteiger partial charge on any atom is -0.481 e. The highest BCUT2D eigenvalue weighted by atomic mass is 19.1. The Morgan fingerprint density at radius 3 is 1.18 bits per heavy atom. The molecule has 0 radical (unpaired) electrons. The first-order chi connectivity index (χ1) is 7.74. The summed E-state index contributed by atoms with van der Waals surface area (Å²) in [5.41, 5.74) is -1.95. The number of halogens is 3. The van der Waals surface area contributed by atoms with E-state index in [9.17, 15) is 18.0 Å². The van der Waals surface area contributed by atoms with Crippen LogP contribution in [0.5, 0.6) is 0 Å². The Morgan fingerprint density at radius 1 is 0.824 bits per heavy atom. The first-order valence-corrected chi connectivity index (χ1v) is 4.10. The van der Waals surface area contributed by atoms with E-state index in [0.29, 0.717) is 0 Å². The summed E-state index contributed by atoms with van der Waals surface area (Å²) in [5.74, 6) is -5.04. The zero-order valence-corrected chi connectivity index (χ0v) is 8.53. The van der Waals surface area contributed by atoms with Crippen molar-refractivity contribution < 1.29 is 42.9 Å². The van der Waals surface area contributed by atoms with E-state index in [2.05, 4.69) is 0 Å². The normalized spacial score (nSPS) is 10.1. The van der Waals surface area contributed by atoms with E-state index >= 15 is 0 Å². The van der Waals surface area contributed by atoms with Gasteiger partial charge in [-0.2, -0.15) is 0 Å². The van der Waals surface area contributed by atoms with Gasteiger partial charge < -0.3 is 15.3 Å². The molecule has 0 aliphatic heterocycles. The van der Waals surface area contributed by atoms with Crippen LogP contribution in [0.1, 0.15) is 6.42 Å². The Bertz CT molecular complexity index is 256. The number of rotatable bonds is 5. The fourth-order valence-corrected chi connectivity index (χ4v) is 0.570. The zero-order valence-electron chi connectivity index (χ0n) is 8.53. The molecule has 0 atom stereocenters. The third-order valence-corrected chi connectivity index (χ3v) is 1.56. The van der Waals surface area contributed by atoms with Gasteiger partial charge in [-0.05, 0) is 0 Å². The maximum atomic E-state index is 11.9. The molecule has 0 aromatic heterocycles. The fraction of sp³-hybridized carbons (Fsp3) is 0.625. The quantitative estimate of drug-likeness (QED) is 0.621. The van der Waals surface area contributed by atoms with Crippen LogP contribution in [0.4, 0.5) is 13.2 Å². The SMILES string of the molecule is O=C(O)C(=O)O.O=C(O)CC(CF)(CF)CF. The van der Waals surface area contributed by atoms with Crippen LogP contribution in [0, 0.1) is 5.41 Å². The fourth-order valence-electron chi connectivity index (χ4n) is 0.570. The highest BCUT2D eigenvalue weighted by Crippen LogP contribution is 2.24. The number of alkyl halides is 3. The number of hydrogen-bond donors (Lipinski definition) is 3. The van der Waals surface area contributed by atoms with Gasteiger partial charge in [-0.3, -0.25) is 18.0 Å². The van der Waals surface area contributed by atoms with E-state index in [1.54, 1.807) is 0 Å². The first-order valence-electron chi connectivity index (χ1n) is 4.10. The van der Waals surface area contributed by atoms with Crippen molar-refractivity contribution in [2.45, 2.75) is 6.42 Å². The average molecular weight is 260 g/mol. The number of aliphatic carboxylic acids is 3. The van der Waals surface area contributed by atoms with Crippen LogP contribution in [0.2, 0.25) is 0 Å². The van der Waals surface area contributed by atoms with Gasteiger partial charge in [-0.1, -0.05) is 0 Å². The van der Waals surface area contributed by atoms with Gasteiger partial charge in [0.1, 0.15) is 20.0 Å². The summed E-state index contributed by atoms with van der Waals surface area (Å²) in [4.78, 5) is 28.2. The van der Waals surface area contributed by atoms with E-state index in [-0.39, 0.29) is 0 Å². The smallest absolute Gasteiger partial charge is 0.414 e. The van der Waals surface area contributed by atoms with E-state index in [1.165, 1.54) is 0 Å². The monoisotopic (exact) mass is 260 g/mol. The lowest BCUT2D eigenvalue weighted by Gasteiger charge is -2.20. The largest absolute Gasteiger partial charge is 0.481 e. The van der Waals surface area contributed by atoms with Crippen LogP contribution in [0.15, 0.2) is 0 Å². The van der Waals surface area contributed by atoms with Gasteiger partial charge in [-0.25, -0.2) is 9.59 Å². The molecule has 0 aromatic rings. The Hall–Kier alpha value is -1.80. The molecule has 0 saturated heterocycles. The summed E-state index contributed by atoms with van der Waals surface area (Å²) in [5, 5.41) is 22.9. The lowest BCUT2D eigenvalue weighted by atomic mass is 9.89. The maximum absolute atomic E-state index is 11.9. The van der Waals surface area contributed by atoms with Crippen LogP contribution in [0.25, 0.3) is 0 Å². The Morgan fingerprint density at radius 2 is 1.12 bits per heavy atom. The van der Waals surface area contributed by atoms with Gasteiger partial charge in [0, 0.05) is 0 Å². The molecule has 0 fully saturated rings. The second-order valence-electron chi connectivity index (χ2n) is 3.08. The first kappa shape index (κ1) is 17.6. The van der Waals surface area contributed by atoms with Crippen molar-refractivity contribution in [1.29, 1.82) is 0 Å². The van der Waals surface area contributed by atoms with Crippen LogP contribution >= 0.6 is 0 Å². The van der Waals surface area contributed by atoms with Crippen molar-refractivity contribution in [3.8, 4) is 0 Å². The molecule has 6 nitrogen and oxygen atoms in total. The number of carboxylic acids is 3. The molecule has 0 rings (SSSR count). The molecular weight excluding hydrogens is 249 g/mol. The molecular formula is C8H11F3O6. The second-order valence-corrected chi connectivity index (χ2v) is 3.08. The van der Waals surface area contributed by atoms with Crippen molar-refractivity contribution in [3.05, 3.63) is 0 Å². The molecule has 0 spiro atoms. The molecule has 0 bridgehead atoms. The van der Waals surface area contributed by atoms with Gasteiger partial charge in [0.05, 0.1) is 11.8 Å². The Labute approximate surface area is 93.7 Å². The van der Waals surface area contributed by atoms with Gasteiger partial charge in [0.15, 0.2) is 0 Å². The standard InChI is InChI=1S/C6H9F3O2.C2H2O4/c7-2-6(3-8,4-9)1-5(10)11;3-1(4)2(5)6/h1-4H2,(H,10,11);(H,3,4)(H,5,6). The van der Waals surface area contributed by atoms with E-state index in [1.807, 2.05) is 0 Å². The highest BCUT2D eigenvalue weighted by molar-refractivity contribution is 6.27. The van der Waals surface area contributed by atoms with Crippen molar-refractivity contribution in [3.63, 3.8) is 0 Å². The lowest BCUT2D eigenvalue weighted by molar-refractivity contribution is -0.159. The summed E-state index contributed by atoms with van der Waals surface area (Å²) in [6.45, 7) is -3.86. The summed E-state index contributed by atoms with van der Waals surface area (Å²) in [6.07, 6.45) is -0.809. The van der Waals surface area contributed by atoms with Crippen LogP contribution in [0.3, 0.4) is 0 Å². The Balaban J connectivity index is 0. The second kappa shape index (κ2) is 8.36. The predicted molar refractivity (Wildman–Crippen MR) is 47.9 cm³/mol. The molecule has 0 aliphatic rings. The third-order valence-electron chi connectivity index (χ3n) is 1.56. The van der Waals surface area contributed by atoms with Gasteiger partial charge >= 0.3 is 17.9 Å². The van der Waals surface area contributed by atoms with Crippen molar-refractivity contribution >= 4 is 17.9 Å². The molecule has 0 aliphatic carbocycles. The third kappa shape index (κ3) is 8.05. The topological polar surface area (TPSA) is 112 Å². The van der Waals surface area contributed by atoms with Crippen LogP contribution < -0.4 is 0 Å². The molecule has 100 valence electrons. The molecule has 0 amide bonds. The van der Waals surface area contributed by atoms with Gasteiger partial charge in [0.25, 0.3) is 0 Å². The maximum Gasteiger partial charge on any atom is 0.414 e. The molecule has 3 N–H and O–H groups in total. The van der Waals surface area contributed by atoms with Crippen LogP contribution in [-0.2, 0) is 14.4 Å². The summed E-state index contributed by atoms with van der Waals surface area (Å²) >= 11 is 0. The molecule has 0 saturated carbocycles. The van der Waals surface area contributed by atoms with Crippen molar-refractivity contribution in [2.24, 2.45) is 5.41 Å². The van der Waals surface area contributed by atoms with E-state index in [4.69, 9.17) is 24.9 Å². The minimum absolute atomic E-state index is 0.809. The zero-order chi connectivity index (χ0) is 14.1. The molecule has 0 aromatic carbocycles. The number of carbonyl (C=O) groups is 3. The van der Waals surface area contributed by atoms with Gasteiger partial charge in [0.2, 0.25) is 0 Å². The van der Waals surface area contributed by atoms with Crippen LogP contribution in [-0.4, -0.2) is 53.3 Å². The summed E-state index contributed by atoms with van der Waals surface area (Å²) in [7, 11) is 0. The van der Waals surface area contributed by atoms with Gasteiger partial charge in [-0.15, -0.1) is 0 Å². The lowest BCUT2D eigenvalue weighted by Crippen LogP contribution is -2.31. The molecule has 0 unspecified atom stereocenters. The number of hydrogen-bond acceptors (Lipinski definition) is 3. The number of carboxylic acid groups (broad SMARTS) is 3. The molecule has 17 heavy (non-hydrogen) atoms. The molecule has 0 heterocycles. The Kier molecular flexibility index (Phi) is 8.65. The summed E-state index contributed by atoms with van der Waals surface area (Å²) in [6, 6.07) is 0. The molecule has 9 heteroatoms. The van der Waals surface area contributed by atoms with E-state index in [0.717, 1.165) is 0 Å². The predicted octanol–water partition coefficient (Wildman–Crippen LogP) is 0.512. The van der Waals surface area contributed by atoms with Crippen molar-refractivity contribution in [2.75, 3.05) is 20.0 Å². The average Bonchev–Trinajstić information content (AvgIpc) is 2.26. The summed E-state index contributed by atoms with van der Waals surface area (Å²) < 4.78 is 35.8.